The Bertz CT molecular complexity index is 942. The van der Waals surface area contributed by atoms with Crippen LogP contribution in [0, 0.1) is 12.7 Å². The Labute approximate surface area is 143 Å². The maximum absolute atomic E-state index is 13.6. The fourth-order valence-electron chi connectivity index (χ4n) is 2.34. The van der Waals surface area contributed by atoms with Crippen molar-refractivity contribution in [1.29, 1.82) is 0 Å². The van der Waals surface area contributed by atoms with Crippen LogP contribution in [0.5, 0.6) is 0 Å². The first-order valence-corrected chi connectivity index (χ1v) is 7.68. The Kier molecular flexibility index (Phi) is 4.48. The molecule has 2 N–H and O–H groups in total. The predicted octanol–water partition coefficient (Wildman–Crippen LogP) is 3.81. The molecule has 4 nitrogen and oxygen atoms in total. The zero-order valence-corrected chi connectivity index (χ0v) is 13.7. The van der Waals surface area contributed by atoms with Gasteiger partial charge in [0.1, 0.15) is 5.82 Å². The molecule has 0 saturated heterocycles. The van der Waals surface area contributed by atoms with E-state index in [0.717, 1.165) is 22.3 Å². The lowest BCUT2D eigenvalue weighted by Crippen LogP contribution is -2.34. The minimum atomic E-state index is -0.597. The molecule has 1 aromatic heterocycles. The zero-order chi connectivity index (χ0) is 17.1. The van der Waals surface area contributed by atoms with Crippen molar-refractivity contribution >= 4 is 39.8 Å². The van der Waals surface area contributed by atoms with Crippen LogP contribution in [0.4, 0.5) is 10.1 Å². The minimum Gasteiger partial charge on any atom is -0.332 e. The van der Waals surface area contributed by atoms with Crippen LogP contribution in [0.2, 0.25) is 0 Å². The second-order valence-corrected chi connectivity index (χ2v) is 5.62. The average molecular weight is 339 g/mol. The highest BCUT2D eigenvalue weighted by molar-refractivity contribution is 7.80. The summed E-state index contributed by atoms with van der Waals surface area (Å²) in [5.41, 5.74) is 2.40. The molecule has 0 spiro atoms. The van der Waals surface area contributed by atoms with Crippen molar-refractivity contribution in [3.05, 3.63) is 71.7 Å². The minimum absolute atomic E-state index is 0.0585. The number of pyridine rings is 1. The fourth-order valence-corrected chi connectivity index (χ4v) is 2.54. The number of hydrogen-bond donors (Lipinski definition) is 2. The van der Waals surface area contributed by atoms with E-state index in [4.69, 9.17) is 12.2 Å². The first kappa shape index (κ1) is 16.0. The highest BCUT2D eigenvalue weighted by Gasteiger charge is 2.13. The van der Waals surface area contributed by atoms with E-state index in [1.165, 1.54) is 18.2 Å². The Morgan fingerprint density at radius 2 is 1.88 bits per heavy atom. The Morgan fingerprint density at radius 1 is 1.08 bits per heavy atom. The lowest BCUT2D eigenvalue weighted by molar-refractivity contribution is 0.0974. The number of anilines is 1. The maximum Gasteiger partial charge on any atom is 0.260 e. The number of carbonyl (C=O) groups is 1. The number of rotatable bonds is 2. The third-order valence-electron chi connectivity index (χ3n) is 3.46. The van der Waals surface area contributed by atoms with Crippen LogP contribution in [0.3, 0.4) is 0 Å². The molecule has 0 radical (unpaired) electrons. The molecule has 24 heavy (non-hydrogen) atoms. The summed E-state index contributed by atoms with van der Waals surface area (Å²) in [6.07, 6.45) is 0. The Hall–Kier alpha value is -2.86. The van der Waals surface area contributed by atoms with Crippen molar-refractivity contribution in [3.8, 4) is 0 Å². The van der Waals surface area contributed by atoms with E-state index in [1.807, 2.05) is 37.3 Å². The summed E-state index contributed by atoms with van der Waals surface area (Å²) in [5.74, 6) is -1.19. The van der Waals surface area contributed by atoms with E-state index in [9.17, 15) is 9.18 Å². The summed E-state index contributed by atoms with van der Waals surface area (Å²) in [7, 11) is 0. The van der Waals surface area contributed by atoms with Crippen LogP contribution in [-0.4, -0.2) is 16.0 Å². The largest absolute Gasteiger partial charge is 0.332 e. The van der Waals surface area contributed by atoms with Crippen molar-refractivity contribution in [2.24, 2.45) is 0 Å². The Balaban J connectivity index is 1.78. The summed E-state index contributed by atoms with van der Waals surface area (Å²) in [6, 6.07) is 15.1. The van der Waals surface area contributed by atoms with Gasteiger partial charge < -0.3 is 5.32 Å². The number of nitrogens with zero attached hydrogens (tertiary/aromatic N) is 1. The zero-order valence-electron chi connectivity index (χ0n) is 12.8. The molecule has 0 saturated carbocycles. The van der Waals surface area contributed by atoms with Crippen LogP contribution in [0.1, 0.15) is 16.1 Å². The second-order valence-electron chi connectivity index (χ2n) is 5.21. The van der Waals surface area contributed by atoms with Crippen molar-refractivity contribution in [3.63, 3.8) is 0 Å². The number of aromatic nitrogens is 1. The smallest absolute Gasteiger partial charge is 0.260 e. The molecule has 3 rings (SSSR count). The third kappa shape index (κ3) is 3.38. The van der Waals surface area contributed by atoms with Gasteiger partial charge in [-0.05, 0) is 55.5 Å². The van der Waals surface area contributed by atoms with Gasteiger partial charge in [0.25, 0.3) is 5.91 Å². The van der Waals surface area contributed by atoms with Gasteiger partial charge in [0.05, 0.1) is 11.1 Å². The number of thiocarbonyl (C=S) groups is 1. The molecule has 1 amide bonds. The number of nitrogens with one attached hydrogen (secondary N) is 2. The molecule has 3 aromatic rings. The second kappa shape index (κ2) is 6.72. The van der Waals surface area contributed by atoms with Gasteiger partial charge in [-0.15, -0.1) is 0 Å². The maximum atomic E-state index is 13.6. The van der Waals surface area contributed by atoms with E-state index in [1.54, 1.807) is 6.07 Å². The first-order valence-electron chi connectivity index (χ1n) is 7.28. The molecule has 1 heterocycles. The monoisotopic (exact) mass is 339 g/mol. The molecule has 0 atom stereocenters. The van der Waals surface area contributed by atoms with Crippen LogP contribution < -0.4 is 10.6 Å². The number of fused-ring (bicyclic) bond motifs is 1. The number of halogens is 1. The van der Waals surface area contributed by atoms with Gasteiger partial charge in [-0.25, -0.2) is 4.39 Å². The van der Waals surface area contributed by atoms with Gasteiger partial charge in [-0.3, -0.25) is 15.1 Å². The average Bonchev–Trinajstić information content (AvgIpc) is 2.55. The van der Waals surface area contributed by atoms with E-state index in [-0.39, 0.29) is 10.7 Å². The van der Waals surface area contributed by atoms with E-state index in [0.29, 0.717) is 0 Å². The number of carbonyl (C=O) groups excluding carboxylic acids is 1. The fraction of sp³-hybridized carbons (Fsp3) is 0.0556. The summed E-state index contributed by atoms with van der Waals surface area (Å²) >= 11 is 5.16. The van der Waals surface area contributed by atoms with Gasteiger partial charge in [0.15, 0.2) is 5.11 Å². The number of amides is 1. The van der Waals surface area contributed by atoms with Gasteiger partial charge >= 0.3 is 0 Å². The standard InChI is InChI=1S/C18H14FN3OS/c1-11-9-10-13-15(20-11)7-4-8-16(13)21-18(24)22-17(23)12-5-2-3-6-14(12)19/h2-10H,1H3,(H2,21,22,23,24). The first-order chi connectivity index (χ1) is 11.5. The van der Waals surface area contributed by atoms with Crippen LogP contribution >= 0.6 is 12.2 Å². The predicted molar refractivity (Wildman–Crippen MR) is 96.6 cm³/mol. The Morgan fingerprint density at radius 3 is 2.67 bits per heavy atom. The summed E-state index contributed by atoms with van der Waals surface area (Å²) in [5, 5.41) is 6.42. The highest BCUT2D eigenvalue weighted by atomic mass is 32.1. The lowest BCUT2D eigenvalue weighted by atomic mass is 10.1. The van der Waals surface area contributed by atoms with Gasteiger partial charge in [-0.1, -0.05) is 18.2 Å². The normalized spacial score (nSPS) is 10.4. The number of hydrogen-bond acceptors (Lipinski definition) is 3. The molecule has 6 heteroatoms. The molecule has 2 aromatic carbocycles. The molecule has 0 aliphatic heterocycles. The van der Waals surface area contributed by atoms with E-state index >= 15 is 0 Å². The van der Waals surface area contributed by atoms with Crippen molar-refractivity contribution in [2.75, 3.05) is 5.32 Å². The topological polar surface area (TPSA) is 54.0 Å². The van der Waals surface area contributed by atoms with Crippen LogP contribution in [0.15, 0.2) is 54.6 Å². The molecular weight excluding hydrogens is 325 g/mol. The molecule has 0 unspecified atom stereocenters. The summed E-state index contributed by atoms with van der Waals surface area (Å²) in [6.45, 7) is 1.92. The van der Waals surface area contributed by atoms with E-state index < -0.39 is 11.7 Å². The van der Waals surface area contributed by atoms with Gasteiger partial charge in [-0.2, -0.15) is 0 Å². The molecule has 0 bridgehead atoms. The highest BCUT2D eigenvalue weighted by Crippen LogP contribution is 2.22. The van der Waals surface area contributed by atoms with Gasteiger partial charge in [0, 0.05) is 16.8 Å². The third-order valence-corrected chi connectivity index (χ3v) is 3.67. The quantitative estimate of drug-likeness (QED) is 0.697. The van der Waals surface area contributed by atoms with Crippen LogP contribution in [-0.2, 0) is 0 Å². The van der Waals surface area contributed by atoms with Crippen LogP contribution in [0.25, 0.3) is 10.9 Å². The van der Waals surface area contributed by atoms with E-state index in [2.05, 4.69) is 15.6 Å². The molecule has 0 aliphatic carbocycles. The molecule has 0 fully saturated rings. The van der Waals surface area contributed by atoms with Crippen molar-refractivity contribution in [1.82, 2.24) is 10.3 Å². The number of aryl methyl sites for hydroxylation is 1. The van der Waals surface area contributed by atoms with Crippen molar-refractivity contribution in [2.45, 2.75) is 6.92 Å². The molecule has 120 valence electrons. The van der Waals surface area contributed by atoms with Gasteiger partial charge in [0.2, 0.25) is 0 Å². The summed E-state index contributed by atoms with van der Waals surface area (Å²) in [4.78, 5) is 16.5. The van der Waals surface area contributed by atoms with Crippen molar-refractivity contribution < 1.29 is 9.18 Å². The molecule has 0 aliphatic rings. The SMILES string of the molecule is Cc1ccc2c(NC(=S)NC(=O)c3ccccc3F)cccc2n1. The summed E-state index contributed by atoms with van der Waals surface area (Å²) < 4.78 is 13.6. The molecular formula is C18H14FN3OS. The lowest BCUT2D eigenvalue weighted by Gasteiger charge is -2.12. The number of benzene rings is 2.